The maximum Gasteiger partial charge on any atom is 0.315 e. The van der Waals surface area contributed by atoms with E-state index in [-0.39, 0.29) is 24.5 Å². The number of carbonyl (C=O) groups is 1. The minimum absolute atomic E-state index is 0.0542. The van der Waals surface area contributed by atoms with Crippen LogP contribution in [-0.2, 0) is 9.53 Å². The van der Waals surface area contributed by atoms with E-state index in [0.717, 1.165) is 11.8 Å². The van der Waals surface area contributed by atoms with E-state index < -0.39 is 24.7 Å². The summed E-state index contributed by atoms with van der Waals surface area (Å²) in [6.07, 6.45) is -4.54. The molecule has 0 aromatic heterocycles. The lowest BCUT2D eigenvalue weighted by molar-refractivity contribution is -0.139. The van der Waals surface area contributed by atoms with E-state index in [9.17, 15) is 22.4 Å². The first-order valence-electron chi connectivity index (χ1n) is 4.79. The van der Waals surface area contributed by atoms with Gasteiger partial charge in [0.15, 0.2) is 0 Å². The monoisotopic (exact) mass is 262 g/mol. The zero-order valence-electron chi connectivity index (χ0n) is 8.85. The second-order valence-corrected chi connectivity index (χ2v) is 4.13. The first-order valence-corrected chi connectivity index (χ1v) is 5.95. The van der Waals surface area contributed by atoms with Gasteiger partial charge in [0.05, 0.1) is 12.4 Å². The molecule has 16 heavy (non-hydrogen) atoms. The Kier molecular flexibility index (Phi) is 7.53. The third-order valence-corrected chi connectivity index (χ3v) is 2.66. The van der Waals surface area contributed by atoms with E-state index in [1.54, 1.807) is 6.92 Å². The summed E-state index contributed by atoms with van der Waals surface area (Å²) in [5.41, 5.74) is 0. The van der Waals surface area contributed by atoms with Gasteiger partial charge in [0.1, 0.15) is 0 Å². The number of esters is 1. The Morgan fingerprint density at radius 1 is 1.44 bits per heavy atom. The Labute approximate surface area is 95.7 Å². The quantitative estimate of drug-likeness (QED) is 0.382. The van der Waals surface area contributed by atoms with Crippen molar-refractivity contribution in [1.82, 2.24) is 0 Å². The minimum Gasteiger partial charge on any atom is -0.465 e. The molecule has 0 aliphatic heterocycles. The van der Waals surface area contributed by atoms with Crippen molar-refractivity contribution in [3.05, 3.63) is 0 Å². The molecule has 0 N–H and O–H groups in total. The van der Waals surface area contributed by atoms with Gasteiger partial charge in [-0.1, -0.05) is 0 Å². The maximum absolute atomic E-state index is 12.4. The highest BCUT2D eigenvalue weighted by Gasteiger charge is 2.39. The molecule has 0 fully saturated rings. The van der Waals surface area contributed by atoms with Crippen molar-refractivity contribution in [3.8, 4) is 0 Å². The molecule has 96 valence electrons. The smallest absolute Gasteiger partial charge is 0.315 e. The molecule has 0 atom stereocenters. The molecule has 0 rings (SSSR count). The predicted molar refractivity (Wildman–Crippen MR) is 54.1 cm³/mol. The van der Waals surface area contributed by atoms with Gasteiger partial charge >= 0.3 is 18.3 Å². The molecule has 0 saturated carbocycles. The lowest BCUT2D eigenvalue weighted by Crippen LogP contribution is -2.26. The second-order valence-electron chi connectivity index (χ2n) is 3.02. The molecule has 0 aromatic rings. The molecule has 0 amide bonds. The van der Waals surface area contributed by atoms with Crippen LogP contribution < -0.4 is 0 Å². The molecular formula is C9H14F4O2S. The molecule has 0 aromatic carbocycles. The van der Waals surface area contributed by atoms with Gasteiger partial charge in [-0.25, -0.2) is 17.6 Å². The van der Waals surface area contributed by atoms with E-state index in [1.165, 1.54) is 0 Å². The Morgan fingerprint density at radius 2 is 2.06 bits per heavy atom. The van der Waals surface area contributed by atoms with Gasteiger partial charge in [0, 0.05) is 6.42 Å². The third kappa shape index (κ3) is 6.92. The SMILES string of the molecule is CCOC(=O)CSCCCC(F)(F)C(F)F. The molecule has 0 bridgehead atoms. The van der Waals surface area contributed by atoms with E-state index in [4.69, 9.17) is 0 Å². The molecule has 0 unspecified atom stereocenters. The van der Waals surface area contributed by atoms with Gasteiger partial charge in [0.2, 0.25) is 0 Å². The van der Waals surface area contributed by atoms with Crippen molar-refractivity contribution < 1.29 is 27.1 Å². The summed E-state index contributed by atoms with van der Waals surface area (Å²) in [7, 11) is 0. The Morgan fingerprint density at radius 3 is 2.56 bits per heavy atom. The first kappa shape index (κ1) is 15.5. The topological polar surface area (TPSA) is 26.3 Å². The Hall–Kier alpha value is -0.460. The lowest BCUT2D eigenvalue weighted by Gasteiger charge is -2.14. The Balaban J connectivity index is 3.50. The highest BCUT2D eigenvalue weighted by molar-refractivity contribution is 7.99. The molecule has 0 spiro atoms. The molecular weight excluding hydrogens is 248 g/mol. The minimum atomic E-state index is -3.93. The molecule has 0 saturated heterocycles. The van der Waals surface area contributed by atoms with Crippen molar-refractivity contribution in [1.29, 1.82) is 0 Å². The predicted octanol–water partition coefficient (Wildman–Crippen LogP) is 2.96. The number of carbonyl (C=O) groups excluding carboxylic acids is 1. The van der Waals surface area contributed by atoms with Crippen LogP contribution in [0.25, 0.3) is 0 Å². The summed E-state index contributed by atoms with van der Waals surface area (Å²) in [6.45, 7) is 1.93. The van der Waals surface area contributed by atoms with Crippen LogP contribution in [-0.4, -0.2) is 36.4 Å². The van der Waals surface area contributed by atoms with Crippen LogP contribution in [0.4, 0.5) is 17.6 Å². The van der Waals surface area contributed by atoms with Crippen molar-refractivity contribution in [3.63, 3.8) is 0 Å². The van der Waals surface area contributed by atoms with Crippen LogP contribution in [0, 0.1) is 0 Å². The van der Waals surface area contributed by atoms with Gasteiger partial charge in [0.25, 0.3) is 0 Å². The summed E-state index contributed by atoms with van der Waals surface area (Å²) in [5, 5.41) is 0. The normalized spacial score (nSPS) is 11.9. The number of halogens is 4. The van der Waals surface area contributed by atoms with E-state index in [2.05, 4.69) is 4.74 Å². The second kappa shape index (κ2) is 7.76. The van der Waals surface area contributed by atoms with E-state index in [1.807, 2.05) is 0 Å². The van der Waals surface area contributed by atoms with E-state index in [0.29, 0.717) is 0 Å². The van der Waals surface area contributed by atoms with Crippen molar-refractivity contribution in [2.75, 3.05) is 18.1 Å². The first-order chi connectivity index (χ1) is 7.40. The molecule has 0 radical (unpaired) electrons. The molecule has 2 nitrogen and oxygen atoms in total. The van der Waals surface area contributed by atoms with Gasteiger partial charge in [-0.05, 0) is 19.1 Å². The number of rotatable bonds is 8. The maximum atomic E-state index is 12.4. The van der Waals surface area contributed by atoms with Gasteiger partial charge < -0.3 is 4.74 Å². The fourth-order valence-electron chi connectivity index (χ4n) is 0.877. The number of hydrogen-bond donors (Lipinski definition) is 0. The Bertz CT molecular complexity index is 212. The van der Waals surface area contributed by atoms with Crippen LogP contribution in [0.1, 0.15) is 19.8 Å². The van der Waals surface area contributed by atoms with Crippen molar-refractivity contribution >= 4 is 17.7 Å². The highest BCUT2D eigenvalue weighted by Crippen LogP contribution is 2.28. The number of ether oxygens (including phenoxy) is 1. The number of alkyl halides is 4. The van der Waals surface area contributed by atoms with Crippen LogP contribution >= 0.6 is 11.8 Å². The highest BCUT2D eigenvalue weighted by atomic mass is 32.2. The summed E-state index contributed by atoms with van der Waals surface area (Å²) in [6, 6.07) is 0. The number of thioether (sulfide) groups is 1. The zero-order valence-corrected chi connectivity index (χ0v) is 9.67. The summed E-state index contributed by atoms with van der Waals surface area (Å²) in [5.74, 6) is -4.05. The largest absolute Gasteiger partial charge is 0.465 e. The van der Waals surface area contributed by atoms with Gasteiger partial charge in [-0.2, -0.15) is 11.8 Å². The standard InChI is InChI=1S/C9H14F4O2S/c1-2-15-7(14)6-16-5-3-4-9(12,13)8(10)11/h8H,2-6H2,1H3. The summed E-state index contributed by atoms with van der Waals surface area (Å²) >= 11 is 1.10. The molecule has 7 heteroatoms. The van der Waals surface area contributed by atoms with Crippen LogP contribution in [0.15, 0.2) is 0 Å². The van der Waals surface area contributed by atoms with E-state index >= 15 is 0 Å². The van der Waals surface area contributed by atoms with Crippen LogP contribution in [0.2, 0.25) is 0 Å². The fourth-order valence-corrected chi connectivity index (χ4v) is 1.62. The zero-order chi connectivity index (χ0) is 12.6. The van der Waals surface area contributed by atoms with Gasteiger partial charge in [-0.15, -0.1) is 0 Å². The van der Waals surface area contributed by atoms with Crippen LogP contribution in [0.3, 0.4) is 0 Å². The van der Waals surface area contributed by atoms with Crippen molar-refractivity contribution in [2.24, 2.45) is 0 Å². The molecule has 0 heterocycles. The summed E-state index contributed by atoms with van der Waals surface area (Å²) in [4.78, 5) is 10.8. The fraction of sp³-hybridized carbons (Fsp3) is 0.889. The molecule has 0 aliphatic carbocycles. The lowest BCUT2D eigenvalue weighted by atomic mass is 10.2. The van der Waals surface area contributed by atoms with Gasteiger partial charge in [-0.3, -0.25) is 4.79 Å². The number of hydrogen-bond acceptors (Lipinski definition) is 3. The average molecular weight is 262 g/mol. The van der Waals surface area contributed by atoms with Crippen LogP contribution in [0.5, 0.6) is 0 Å². The van der Waals surface area contributed by atoms with Crippen molar-refractivity contribution in [2.45, 2.75) is 32.1 Å². The third-order valence-electron chi connectivity index (χ3n) is 1.64. The average Bonchev–Trinajstić information content (AvgIpc) is 2.17. The molecule has 0 aliphatic rings. The summed E-state index contributed by atoms with van der Waals surface area (Å²) < 4.78 is 52.8.